The second-order valence-electron chi connectivity index (χ2n) is 6.35. The van der Waals surface area contributed by atoms with E-state index < -0.39 is 14.9 Å². The van der Waals surface area contributed by atoms with Crippen LogP contribution in [0.3, 0.4) is 0 Å². The summed E-state index contributed by atoms with van der Waals surface area (Å²) in [7, 11) is -2.63. The average molecular weight is 402 g/mol. The van der Waals surface area contributed by atoms with E-state index in [2.05, 4.69) is 10.1 Å². The molecule has 0 bridgehead atoms. The Morgan fingerprint density at radius 3 is 2.46 bits per heavy atom. The minimum Gasteiger partial charge on any atom is -0.338 e. The SMILES string of the molecule is Cc1ccc(-c2noc(CN(C)S(=O)(=O)c3cc([N+](=O)[O-])ccc3C)n2)cc1. The maximum atomic E-state index is 12.9. The van der Waals surface area contributed by atoms with Gasteiger partial charge in [-0.15, -0.1) is 0 Å². The van der Waals surface area contributed by atoms with Crippen molar-refractivity contribution >= 4 is 15.7 Å². The lowest BCUT2D eigenvalue weighted by atomic mass is 10.1. The summed E-state index contributed by atoms with van der Waals surface area (Å²) in [5, 5.41) is 14.9. The third-order valence-corrected chi connectivity index (χ3v) is 6.15. The molecule has 1 heterocycles. The Kier molecular flexibility index (Phi) is 5.25. The third kappa shape index (κ3) is 3.92. The van der Waals surface area contributed by atoms with E-state index >= 15 is 0 Å². The highest BCUT2D eigenvalue weighted by molar-refractivity contribution is 7.89. The topological polar surface area (TPSA) is 119 Å². The van der Waals surface area contributed by atoms with Gasteiger partial charge in [0.05, 0.1) is 16.4 Å². The fourth-order valence-corrected chi connectivity index (χ4v) is 3.92. The summed E-state index contributed by atoms with van der Waals surface area (Å²) in [5.41, 5.74) is 1.95. The number of nitro benzene ring substituents is 1. The van der Waals surface area contributed by atoms with E-state index in [4.69, 9.17) is 4.52 Å². The molecule has 0 saturated carbocycles. The zero-order valence-corrected chi connectivity index (χ0v) is 16.3. The Labute approximate surface area is 161 Å². The molecule has 0 aliphatic heterocycles. The van der Waals surface area contributed by atoms with Crippen LogP contribution in [0.25, 0.3) is 11.4 Å². The molecule has 0 atom stereocenters. The summed E-state index contributed by atoms with van der Waals surface area (Å²) < 4.78 is 31.9. The number of benzene rings is 2. The predicted octanol–water partition coefficient (Wildman–Crippen LogP) is 3.08. The van der Waals surface area contributed by atoms with Crippen LogP contribution in [-0.4, -0.2) is 34.8 Å². The minimum absolute atomic E-state index is 0.115. The van der Waals surface area contributed by atoms with Crippen LogP contribution in [0.4, 0.5) is 5.69 Å². The number of aryl methyl sites for hydroxylation is 2. The van der Waals surface area contributed by atoms with Crippen molar-refractivity contribution in [3.8, 4) is 11.4 Å². The van der Waals surface area contributed by atoms with Crippen LogP contribution in [0, 0.1) is 24.0 Å². The van der Waals surface area contributed by atoms with E-state index in [0.29, 0.717) is 11.4 Å². The second kappa shape index (κ2) is 7.49. The Morgan fingerprint density at radius 2 is 1.82 bits per heavy atom. The first-order valence-corrected chi connectivity index (χ1v) is 9.73. The first-order chi connectivity index (χ1) is 13.2. The van der Waals surface area contributed by atoms with Crippen molar-refractivity contribution in [2.45, 2.75) is 25.3 Å². The summed E-state index contributed by atoms with van der Waals surface area (Å²) in [6.07, 6.45) is 0. The molecule has 0 amide bonds. The molecule has 0 unspecified atom stereocenters. The zero-order chi connectivity index (χ0) is 20.5. The average Bonchev–Trinajstić information content (AvgIpc) is 3.10. The molecule has 3 rings (SSSR count). The number of hydrogen-bond donors (Lipinski definition) is 0. The van der Waals surface area contributed by atoms with Crippen molar-refractivity contribution in [1.29, 1.82) is 0 Å². The van der Waals surface area contributed by atoms with Crippen LogP contribution < -0.4 is 0 Å². The van der Waals surface area contributed by atoms with Crippen LogP contribution in [0.5, 0.6) is 0 Å². The first-order valence-electron chi connectivity index (χ1n) is 8.29. The lowest BCUT2D eigenvalue weighted by molar-refractivity contribution is -0.385. The molecule has 0 N–H and O–H groups in total. The van der Waals surface area contributed by atoms with E-state index in [-0.39, 0.29) is 23.0 Å². The number of rotatable bonds is 6. The Hall–Kier alpha value is -3.11. The molecule has 9 nitrogen and oxygen atoms in total. The minimum atomic E-state index is -3.98. The molecule has 0 spiro atoms. The van der Waals surface area contributed by atoms with Crippen LogP contribution in [0.15, 0.2) is 51.9 Å². The lowest BCUT2D eigenvalue weighted by Crippen LogP contribution is -2.27. The number of non-ortho nitro benzene ring substituents is 1. The van der Waals surface area contributed by atoms with E-state index in [9.17, 15) is 18.5 Å². The van der Waals surface area contributed by atoms with Gasteiger partial charge in [0.2, 0.25) is 21.7 Å². The van der Waals surface area contributed by atoms with Crippen molar-refractivity contribution in [3.05, 3.63) is 69.6 Å². The molecule has 0 aliphatic carbocycles. The van der Waals surface area contributed by atoms with Crippen LogP contribution in [-0.2, 0) is 16.6 Å². The van der Waals surface area contributed by atoms with Gasteiger partial charge in [-0.3, -0.25) is 10.1 Å². The van der Waals surface area contributed by atoms with Gasteiger partial charge in [0, 0.05) is 24.7 Å². The van der Waals surface area contributed by atoms with Crippen molar-refractivity contribution in [3.63, 3.8) is 0 Å². The van der Waals surface area contributed by atoms with Gasteiger partial charge >= 0.3 is 0 Å². The standard InChI is InChI=1S/C18H18N4O5S/c1-12-4-7-14(8-5-12)18-19-17(27-20-18)11-21(3)28(25,26)16-10-15(22(23)24)9-6-13(16)2/h4-10H,11H2,1-3H3. The number of nitrogens with zero attached hydrogens (tertiary/aromatic N) is 4. The van der Waals surface area contributed by atoms with E-state index in [0.717, 1.165) is 21.5 Å². The van der Waals surface area contributed by atoms with Gasteiger partial charge in [0.1, 0.15) is 0 Å². The van der Waals surface area contributed by atoms with Gasteiger partial charge in [-0.1, -0.05) is 41.1 Å². The zero-order valence-electron chi connectivity index (χ0n) is 15.5. The van der Waals surface area contributed by atoms with Gasteiger partial charge in [0.15, 0.2) is 0 Å². The molecule has 10 heteroatoms. The van der Waals surface area contributed by atoms with E-state index in [1.54, 1.807) is 6.92 Å². The molecule has 2 aromatic carbocycles. The van der Waals surface area contributed by atoms with Gasteiger partial charge in [-0.2, -0.15) is 9.29 Å². The summed E-state index contributed by atoms with van der Waals surface area (Å²) >= 11 is 0. The lowest BCUT2D eigenvalue weighted by Gasteiger charge is -2.16. The van der Waals surface area contributed by atoms with E-state index in [1.807, 2.05) is 31.2 Å². The molecular weight excluding hydrogens is 384 g/mol. The first kappa shape index (κ1) is 19.6. The van der Waals surface area contributed by atoms with Crippen LogP contribution in [0.1, 0.15) is 17.0 Å². The molecular formula is C18H18N4O5S. The summed E-state index contributed by atoms with van der Waals surface area (Å²) in [4.78, 5) is 14.4. The van der Waals surface area contributed by atoms with Gasteiger partial charge in [-0.05, 0) is 19.4 Å². The van der Waals surface area contributed by atoms with E-state index in [1.165, 1.54) is 19.2 Å². The summed E-state index contributed by atoms with van der Waals surface area (Å²) in [5.74, 6) is 0.470. The maximum Gasteiger partial charge on any atom is 0.270 e. The Bertz CT molecular complexity index is 1120. The maximum absolute atomic E-state index is 12.9. The van der Waals surface area contributed by atoms with Gasteiger partial charge in [0.25, 0.3) is 5.69 Å². The highest BCUT2D eigenvalue weighted by atomic mass is 32.2. The van der Waals surface area contributed by atoms with Gasteiger partial charge in [-0.25, -0.2) is 8.42 Å². The predicted molar refractivity (Wildman–Crippen MR) is 101 cm³/mol. The highest BCUT2D eigenvalue weighted by Crippen LogP contribution is 2.25. The quantitative estimate of drug-likeness (QED) is 0.459. The number of aromatic nitrogens is 2. The smallest absolute Gasteiger partial charge is 0.270 e. The number of sulfonamides is 1. The fraction of sp³-hybridized carbons (Fsp3) is 0.222. The normalized spacial score (nSPS) is 11.7. The third-order valence-electron chi connectivity index (χ3n) is 4.21. The van der Waals surface area contributed by atoms with Crippen molar-refractivity contribution in [2.75, 3.05) is 7.05 Å². The number of nitro groups is 1. The van der Waals surface area contributed by atoms with Crippen molar-refractivity contribution in [2.24, 2.45) is 0 Å². The second-order valence-corrected chi connectivity index (χ2v) is 8.36. The number of hydrogen-bond acceptors (Lipinski definition) is 7. The fourth-order valence-electron chi connectivity index (χ4n) is 2.56. The molecule has 1 aromatic heterocycles. The Morgan fingerprint density at radius 1 is 1.14 bits per heavy atom. The van der Waals surface area contributed by atoms with Crippen molar-refractivity contribution < 1.29 is 17.9 Å². The molecule has 0 fully saturated rings. The molecule has 0 radical (unpaired) electrons. The van der Waals surface area contributed by atoms with Crippen LogP contribution in [0.2, 0.25) is 0 Å². The largest absolute Gasteiger partial charge is 0.338 e. The molecule has 146 valence electrons. The Balaban J connectivity index is 1.85. The van der Waals surface area contributed by atoms with Gasteiger partial charge < -0.3 is 4.52 Å². The summed E-state index contributed by atoms with van der Waals surface area (Å²) in [6.45, 7) is 3.37. The molecule has 28 heavy (non-hydrogen) atoms. The molecule has 3 aromatic rings. The molecule has 0 aliphatic rings. The molecule has 0 saturated heterocycles. The van der Waals surface area contributed by atoms with Crippen LogP contribution >= 0.6 is 0 Å². The summed E-state index contributed by atoms with van der Waals surface area (Å²) in [6, 6.07) is 11.2. The highest BCUT2D eigenvalue weighted by Gasteiger charge is 2.27. The monoisotopic (exact) mass is 402 g/mol. The van der Waals surface area contributed by atoms with Crippen molar-refractivity contribution in [1.82, 2.24) is 14.4 Å².